The number of aryl methyl sites for hydroxylation is 3. The molecule has 288 valence electrons. The van der Waals surface area contributed by atoms with Gasteiger partial charge in [0.05, 0.1) is 25.4 Å². The Hall–Kier alpha value is -3.06. The van der Waals surface area contributed by atoms with E-state index < -0.39 is 5.97 Å². The fourth-order valence-corrected chi connectivity index (χ4v) is 8.39. The molecule has 0 amide bonds. The highest BCUT2D eigenvalue weighted by atomic mass is 16.5. The first-order valence-electron chi connectivity index (χ1n) is 20.3. The molecule has 2 aliphatic carbocycles. The Kier molecular flexibility index (Phi) is 20.9. The van der Waals surface area contributed by atoms with Crippen LogP contribution in [0.25, 0.3) is 0 Å². The molecule has 0 saturated heterocycles. The summed E-state index contributed by atoms with van der Waals surface area (Å²) in [5, 5.41) is 26.5. The van der Waals surface area contributed by atoms with Gasteiger partial charge in [-0.25, -0.2) is 4.79 Å². The van der Waals surface area contributed by atoms with Crippen molar-refractivity contribution in [2.45, 2.75) is 128 Å². The molecular formula is C46H68O6. The molecule has 0 radical (unpaired) electrons. The zero-order valence-electron chi connectivity index (χ0n) is 32.1. The van der Waals surface area contributed by atoms with Crippen molar-refractivity contribution in [1.29, 1.82) is 0 Å². The molecule has 2 aromatic carbocycles. The Morgan fingerprint density at radius 1 is 0.731 bits per heavy atom. The fraction of sp³-hybridized carbons (Fsp3) is 0.609. The van der Waals surface area contributed by atoms with Gasteiger partial charge in [-0.2, -0.15) is 0 Å². The number of unbranched alkanes of at least 4 members (excludes halogenated alkanes) is 2. The third-order valence-electron chi connectivity index (χ3n) is 11.7. The van der Waals surface area contributed by atoms with Crippen molar-refractivity contribution in [3.8, 4) is 0 Å². The van der Waals surface area contributed by atoms with Gasteiger partial charge >= 0.3 is 5.97 Å². The summed E-state index contributed by atoms with van der Waals surface area (Å²) in [7, 11) is 0. The first-order valence-corrected chi connectivity index (χ1v) is 20.3. The topological polar surface area (TPSA) is 104 Å². The highest BCUT2D eigenvalue weighted by Gasteiger charge is 2.33. The summed E-state index contributed by atoms with van der Waals surface area (Å²) in [4.78, 5) is 21.3. The van der Waals surface area contributed by atoms with Gasteiger partial charge in [-0.3, -0.25) is 4.79 Å². The van der Waals surface area contributed by atoms with E-state index in [1.165, 1.54) is 93.7 Å². The van der Waals surface area contributed by atoms with Gasteiger partial charge in [0.2, 0.25) is 0 Å². The minimum absolute atomic E-state index is 0.114. The number of aldehydes is 1. The number of esters is 1. The number of hydrogen-bond acceptors (Lipinski definition) is 6. The van der Waals surface area contributed by atoms with Crippen LogP contribution in [-0.4, -0.2) is 54.0 Å². The van der Waals surface area contributed by atoms with E-state index in [9.17, 15) is 14.7 Å². The lowest BCUT2D eigenvalue weighted by Gasteiger charge is -2.40. The van der Waals surface area contributed by atoms with E-state index in [1.807, 2.05) is 0 Å². The van der Waals surface area contributed by atoms with Gasteiger partial charge in [0, 0.05) is 12.2 Å². The molecule has 0 bridgehead atoms. The molecule has 2 aliphatic rings. The average molecular weight is 717 g/mol. The molecular weight excluding hydrogens is 649 g/mol. The van der Waals surface area contributed by atoms with E-state index in [4.69, 9.17) is 14.9 Å². The predicted octanol–water partition coefficient (Wildman–Crippen LogP) is 9.28. The van der Waals surface area contributed by atoms with Crippen LogP contribution in [0.2, 0.25) is 0 Å². The Balaban J connectivity index is 0.00000112. The van der Waals surface area contributed by atoms with E-state index >= 15 is 0 Å². The van der Waals surface area contributed by atoms with Crippen molar-refractivity contribution in [1.82, 2.24) is 0 Å². The number of ether oxygens (including phenoxy) is 1. The number of benzene rings is 2. The molecule has 2 aromatic rings. The fourth-order valence-electron chi connectivity index (χ4n) is 8.39. The Morgan fingerprint density at radius 3 is 1.77 bits per heavy atom. The number of aliphatic hydroxyl groups is 3. The summed E-state index contributed by atoms with van der Waals surface area (Å²) in [5.74, 6) is 3.28. The third-order valence-corrected chi connectivity index (χ3v) is 11.7. The first-order chi connectivity index (χ1) is 25.3. The van der Waals surface area contributed by atoms with Crippen LogP contribution in [0.1, 0.15) is 131 Å². The molecule has 6 heteroatoms. The van der Waals surface area contributed by atoms with Crippen LogP contribution >= 0.6 is 0 Å². The summed E-state index contributed by atoms with van der Waals surface area (Å²) in [5.41, 5.74) is 6.25. The maximum Gasteiger partial charge on any atom is 0.335 e. The average Bonchev–Trinajstić information content (AvgIpc) is 3.20. The van der Waals surface area contributed by atoms with Crippen molar-refractivity contribution in [2.75, 3.05) is 26.4 Å². The summed E-state index contributed by atoms with van der Waals surface area (Å²) < 4.78 is 5.27. The predicted molar refractivity (Wildman–Crippen MR) is 212 cm³/mol. The number of hydrogen-bond donors (Lipinski definition) is 3. The molecule has 52 heavy (non-hydrogen) atoms. The number of aliphatic hydroxyl groups excluding tert-OH is 3. The quantitative estimate of drug-likeness (QED) is 0.0515. The van der Waals surface area contributed by atoms with Gasteiger partial charge < -0.3 is 20.1 Å². The van der Waals surface area contributed by atoms with Crippen LogP contribution < -0.4 is 0 Å². The molecule has 6 nitrogen and oxygen atoms in total. The molecule has 0 spiro atoms. The minimum atomic E-state index is -0.494. The van der Waals surface area contributed by atoms with E-state index in [0.717, 1.165) is 56.3 Å². The maximum absolute atomic E-state index is 11.8. The minimum Gasteiger partial charge on any atom is -0.462 e. The smallest absolute Gasteiger partial charge is 0.335 e. The van der Waals surface area contributed by atoms with Gasteiger partial charge in [-0.15, -0.1) is 0 Å². The van der Waals surface area contributed by atoms with Crippen molar-refractivity contribution in [3.63, 3.8) is 0 Å². The van der Waals surface area contributed by atoms with E-state index in [-0.39, 0.29) is 31.0 Å². The Bertz CT molecular complexity index is 1300. The summed E-state index contributed by atoms with van der Waals surface area (Å²) in [6.07, 6.45) is 22.3. The van der Waals surface area contributed by atoms with Crippen molar-refractivity contribution in [2.24, 2.45) is 23.7 Å². The number of rotatable bonds is 21. The van der Waals surface area contributed by atoms with Crippen LogP contribution in [0.15, 0.2) is 72.8 Å². The zero-order valence-corrected chi connectivity index (χ0v) is 32.1. The van der Waals surface area contributed by atoms with Gasteiger partial charge in [0.25, 0.3) is 0 Å². The van der Waals surface area contributed by atoms with Crippen molar-refractivity contribution >= 4 is 12.3 Å². The standard InChI is InChI=1S/C42H62O4.C4H6O2/c1-3-4-5-8-33-11-13-34(14-12-33)15-16-35-17-19-37(20-18-35)39-25-27-41(28-26-39)40-23-21-38(22-24-40)36(9-6-29-43)10-7-30-46-42(45)32(2)31-44;1-4(2-5)3-6/h11-14,17-20,36,38-41,43-44H,2-10,15-16,21-31H2,1H3;2,6H,1,3H2. The van der Waals surface area contributed by atoms with Crippen molar-refractivity contribution in [3.05, 3.63) is 95.1 Å². The van der Waals surface area contributed by atoms with Crippen LogP contribution in [-0.2, 0) is 33.6 Å². The zero-order chi connectivity index (χ0) is 37.6. The lowest BCUT2D eigenvalue weighted by molar-refractivity contribution is -0.139. The molecule has 1 unspecified atom stereocenters. The second kappa shape index (κ2) is 25.0. The van der Waals surface area contributed by atoms with Crippen LogP contribution in [0.5, 0.6) is 0 Å². The monoisotopic (exact) mass is 717 g/mol. The molecule has 4 rings (SSSR count). The van der Waals surface area contributed by atoms with Gasteiger partial charge in [0.1, 0.15) is 6.29 Å². The van der Waals surface area contributed by atoms with Gasteiger partial charge in [0.15, 0.2) is 0 Å². The second-order valence-corrected chi connectivity index (χ2v) is 15.4. The van der Waals surface area contributed by atoms with E-state index in [0.29, 0.717) is 24.7 Å². The lowest BCUT2D eigenvalue weighted by atomic mass is 9.66. The van der Waals surface area contributed by atoms with Gasteiger partial charge in [-0.05, 0) is 155 Å². The molecule has 1 atom stereocenters. The van der Waals surface area contributed by atoms with E-state index in [2.05, 4.69) is 68.6 Å². The van der Waals surface area contributed by atoms with Crippen molar-refractivity contribution < 1.29 is 29.6 Å². The first kappa shape index (κ1) is 43.3. The highest BCUT2D eigenvalue weighted by Crippen LogP contribution is 2.46. The SMILES string of the molecule is C=C(C=O)CO.C=C(CO)C(=O)OCCCC(CCCO)C1CCC(C2CCC(c3ccc(CCc4ccc(CCCCC)cc4)cc3)CC2)CC1. The molecule has 3 N–H and O–H groups in total. The normalized spacial score (nSPS) is 20.6. The number of carbonyl (C=O) groups excluding carboxylic acids is 2. The van der Waals surface area contributed by atoms with Crippen LogP contribution in [0.3, 0.4) is 0 Å². The van der Waals surface area contributed by atoms with E-state index in [1.54, 1.807) is 5.56 Å². The summed E-state index contributed by atoms with van der Waals surface area (Å²) in [6.45, 7) is 9.02. The summed E-state index contributed by atoms with van der Waals surface area (Å²) >= 11 is 0. The Labute approximate surface area is 314 Å². The van der Waals surface area contributed by atoms with Crippen LogP contribution in [0, 0.1) is 23.7 Å². The molecule has 2 fully saturated rings. The summed E-state index contributed by atoms with van der Waals surface area (Å²) in [6, 6.07) is 18.9. The van der Waals surface area contributed by atoms with Gasteiger partial charge in [-0.1, -0.05) is 81.5 Å². The molecule has 2 saturated carbocycles. The second-order valence-electron chi connectivity index (χ2n) is 15.4. The molecule has 0 heterocycles. The third kappa shape index (κ3) is 15.5. The number of carbonyl (C=O) groups is 2. The Morgan fingerprint density at radius 2 is 1.27 bits per heavy atom. The molecule has 0 aromatic heterocycles. The lowest BCUT2D eigenvalue weighted by Crippen LogP contribution is -2.28. The maximum atomic E-state index is 11.8. The molecule has 0 aliphatic heterocycles. The van der Waals surface area contributed by atoms with Crippen LogP contribution in [0.4, 0.5) is 0 Å². The largest absolute Gasteiger partial charge is 0.462 e. The highest BCUT2D eigenvalue weighted by molar-refractivity contribution is 5.87.